The molecular weight excluding hydrogens is 268 g/mol. The smallest absolute Gasteiger partial charge is 0.224 e. The summed E-state index contributed by atoms with van der Waals surface area (Å²) >= 11 is 0. The Morgan fingerprint density at radius 1 is 1.33 bits per heavy atom. The molecule has 0 unspecified atom stereocenters. The number of imidazole rings is 1. The van der Waals surface area contributed by atoms with E-state index in [2.05, 4.69) is 10.1 Å². The molecular formula is C14H22N6O. The first-order valence-electron chi connectivity index (χ1n) is 7.57. The number of hydrogen-bond donors (Lipinski definition) is 1. The van der Waals surface area contributed by atoms with Gasteiger partial charge in [-0.15, -0.1) is 0 Å². The summed E-state index contributed by atoms with van der Waals surface area (Å²) < 4.78 is 3.70. The fraction of sp³-hybridized carbons (Fsp3) is 0.643. The fourth-order valence-corrected chi connectivity index (χ4v) is 3.05. The predicted octanol–water partition coefficient (Wildman–Crippen LogP) is 0.927. The lowest BCUT2D eigenvalue weighted by atomic mass is 10.3. The number of anilines is 1. The molecule has 3 rings (SSSR count). The molecule has 2 N–H and O–H groups in total. The zero-order valence-electron chi connectivity index (χ0n) is 12.7. The first-order valence-corrected chi connectivity index (χ1v) is 7.57. The molecule has 2 aromatic heterocycles. The second kappa shape index (κ2) is 5.38. The van der Waals surface area contributed by atoms with E-state index in [9.17, 15) is 4.79 Å². The Morgan fingerprint density at radius 2 is 2.05 bits per heavy atom. The van der Waals surface area contributed by atoms with Gasteiger partial charge in [0.25, 0.3) is 0 Å². The van der Waals surface area contributed by atoms with Crippen LogP contribution >= 0.6 is 0 Å². The average Bonchev–Trinajstić information content (AvgIpc) is 3.15. The summed E-state index contributed by atoms with van der Waals surface area (Å²) in [5.74, 6) is 0.661. The second-order valence-corrected chi connectivity index (χ2v) is 5.56. The highest BCUT2D eigenvalue weighted by Gasteiger charge is 2.20. The largest absolute Gasteiger partial charge is 0.369 e. The van der Waals surface area contributed by atoms with E-state index >= 15 is 0 Å². The van der Waals surface area contributed by atoms with Crippen LogP contribution in [0.1, 0.15) is 31.9 Å². The standard InChI is InChI=1S/C14H22N6O/c1-3-10-12-13(18(2)17-10)20(14(15)16-12)9-6-11(21)19-7-4-5-8-19/h3-9H2,1-2H3,(H2,15,16). The molecule has 0 bridgehead atoms. The van der Waals surface area contributed by atoms with Crippen LogP contribution in [0.5, 0.6) is 0 Å². The van der Waals surface area contributed by atoms with Crippen molar-refractivity contribution < 1.29 is 4.79 Å². The molecule has 7 nitrogen and oxygen atoms in total. The van der Waals surface area contributed by atoms with Gasteiger partial charge >= 0.3 is 0 Å². The molecule has 1 aliphatic heterocycles. The predicted molar refractivity (Wildman–Crippen MR) is 80.7 cm³/mol. The third-order valence-electron chi connectivity index (χ3n) is 4.16. The number of likely N-dealkylation sites (tertiary alicyclic amines) is 1. The second-order valence-electron chi connectivity index (χ2n) is 5.56. The highest BCUT2D eigenvalue weighted by molar-refractivity contribution is 5.79. The normalized spacial score (nSPS) is 15.2. The minimum Gasteiger partial charge on any atom is -0.369 e. The van der Waals surface area contributed by atoms with Gasteiger partial charge in [-0.25, -0.2) is 4.98 Å². The maximum absolute atomic E-state index is 12.2. The van der Waals surface area contributed by atoms with Crippen LogP contribution in [0, 0.1) is 0 Å². The van der Waals surface area contributed by atoms with Gasteiger partial charge in [-0.05, 0) is 19.3 Å². The van der Waals surface area contributed by atoms with Crippen molar-refractivity contribution in [2.75, 3.05) is 18.8 Å². The van der Waals surface area contributed by atoms with Crippen LogP contribution in [-0.4, -0.2) is 43.2 Å². The quantitative estimate of drug-likeness (QED) is 0.908. The molecule has 0 radical (unpaired) electrons. The van der Waals surface area contributed by atoms with Crippen LogP contribution in [0.2, 0.25) is 0 Å². The van der Waals surface area contributed by atoms with Crippen molar-refractivity contribution in [1.29, 1.82) is 0 Å². The molecule has 0 aliphatic carbocycles. The van der Waals surface area contributed by atoms with Crippen molar-refractivity contribution >= 4 is 23.0 Å². The highest BCUT2D eigenvalue weighted by Crippen LogP contribution is 2.22. The van der Waals surface area contributed by atoms with Gasteiger partial charge in [-0.3, -0.25) is 14.0 Å². The number of aryl methyl sites for hydroxylation is 3. The zero-order chi connectivity index (χ0) is 15.0. The molecule has 0 aromatic carbocycles. The Kier molecular flexibility index (Phi) is 3.57. The van der Waals surface area contributed by atoms with E-state index in [4.69, 9.17) is 5.73 Å². The molecule has 1 saturated heterocycles. The maximum atomic E-state index is 12.2. The number of rotatable bonds is 4. The Hall–Kier alpha value is -2.05. The molecule has 1 amide bonds. The topological polar surface area (TPSA) is 82.0 Å². The Balaban J connectivity index is 1.81. The Bertz CT molecular complexity index is 665. The van der Waals surface area contributed by atoms with Gasteiger partial charge in [-0.2, -0.15) is 5.10 Å². The summed E-state index contributed by atoms with van der Waals surface area (Å²) in [4.78, 5) is 18.5. The van der Waals surface area contributed by atoms with Gasteiger partial charge in [0.15, 0.2) is 5.65 Å². The van der Waals surface area contributed by atoms with Gasteiger partial charge in [0.1, 0.15) is 5.52 Å². The average molecular weight is 290 g/mol. The van der Waals surface area contributed by atoms with Gasteiger partial charge in [0.05, 0.1) is 5.69 Å². The van der Waals surface area contributed by atoms with Crippen molar-refractivity contribution in [3.8, 4) is 0 Å². The lowest BCUT2D eigenvalue weighted by Gasteiger charge is -2.15. The Labute approximate surface area is 123 Å². The van der Waals surface area contributed by atoms with E-state index in [1.54, 1.807) is 4.68 Å². The van der Waals surface area contributed by atoms with Crippen molar-refractivity contribution in [2.24, 2.45) is 7.05 Å². The molecule has 0 saturated carbocycles. The molecule has 2 aromatic rings. The minimum atomic E-state index is 0.201. The number of hydrogen-bond acceptors (Lipinski definition) is 4. The van der Waals surface area contributed by atoms with Crippen molar-refractivity contribution in [1.82, 2.24) is 24.2 Å². The van der Waals surface area contributed by atoms with Crippen molar-refractivity contribution in [3.05, 3.63) is 5.69 Å². The third kappa shape index (κ3) is 2.36. The van der Waals surface area contributed by atoms with E-state index in [-0.39, 0.29) is 5.91 Å². The number of fused-ring (bicyclic) bond motifs is 1. The summed E-state index contributed by atoms with van der Waals surface area (Å²) in [7, 11) is 1.89. The zero-order valence-corrected chi connectivity index (χ0v) is 12.7. The highest BCUT2D eigenvalue weighted by atomic mass is 16.2. The van der Waals surface area contributed by atoms with Crippen LogP contribution in [-0.2, 0) is 24.8 Å². The summed E-state index contributed by atoms with van der Waals surface area (Å²) in [6.45, 7) is 4.38. The number of nitrogens with zero attached hydrogens (tertiary/aromatic N) is 5. The van der Waals surface area contributed by atoms with Crippen molar-refractivity contribution in [3.63, 3.8) is 0 Å². The summed E-state index contributed by atoms with van der Waals surface area (Å²) in [5.41, 5.74) is 8.72. The molecule has 1 fully saturated rings. The maximum Gasteiger partial charge on any atom is 0.224 e. The van der Waals surface area contributed by atoms with Gasteiger partial charge < -0.3 is 10.6 Å². The number of amides is 1. The van der Waals surface area contributed by atoms with E-state index in [1.165, 1.54) is 0 Å². The summed E-state index contributed by atoms with van der Waals surface area (Å²) in [6, 6.07) is 0. The monoisotopic (exact) mass is 290 g/mol. The summed E-state index contributed by atoms with van der Waals surface area (Å²) in [5, 5.41) is 4.46. The summed E-state index contributed by atoms with van der Waals surface area (Å²) in [6.07, 6.45) is 3.51. The van der Waals surface area contributed by atoms with Crippen LogP contribution < -0.4 is 5.73 Å². The van der Waals surface area contributed by atoms with E-state index < -0.39 is 0 Å². The number of nitrogen functional groups attached to an aromatic ring is 1. The molecule has 1 aliphatic rings. The lowest BCUT2D eigenvalue weighted by molar-refractivity contribution is -0.130. The van der Waals surface area contributed by atoms with Crippen LogP contribution in [0.3, 0.4) is 0 Å². The number of carbonyl (C=O) groups is 1. The number of aromatic nitrogens is 4. The van der Waals surface area contributed by atoms with Crippen LogP contribution in [0.15, 0.2) is 0 Å². The molecule has 0 atom stereocenters. The van der Waals surface area contributed by atoms with E-state index in [1.807, 2.05) is 23.4 Å². The van der Waals surface area contributed by atoms with Gasteiger partial charge in [0, 0.05) is 33.1 Å². The van der Waals surface area contributed by atoms with Crippen molar-refractivity contribution in [2.45, 2.75) is 39.2 Å². The first kappa shape index (κ1) is 13.9. The molecule has 7 heteroatoms. The molecule has 3 heterocycles. The van der Waals surface area contributed by atoms with Gasteiger partial charge in [0.2, 0.25) is 11.9 Å². The number of nitrogens with two attached hydrogens (primary N) is 1. The van der Waals surface area contributed by atoms with Crippen LogP contribution in [0.4, 0.5) is 5.95 Å². The number of carbonyl (C=O) groups excluding carboxylic acids is 1. The molecule has 114 valence electrons. The SMILES string of the molecule is CCc1nn(C)c2c1nc(N)n2CCC(=O)N1CCCC1. The van der Waals surface area contributed by atoms with E-state index in [0.717, 1.165) is 49.2 Å². The minimum absolute atomic E-state index is 0.201. The molecule has 0 spiro atoms. The fourth-order valence-electron chi connectivity index (χ4n) is 3.05. The lowest BCUT2D eigenvalue weighted by Crippen LogP contribution is -2.28. The van der Waals surface area contributed by atoms with Crippen LogP contribution in [0.25, 0.3) is 11.2 Å². The Morgan fingerprint density at radius 3 is 2.71 bits per heavy atom. The van der Waals surface area contributed by atoms with Gasteiger partial charge in [-0.1, -0.05) is 6.92 Å². The van der Waals surface area contributed by atoms with E-state index in [0.29, 0.717) is 18.9 Å². The third-order valence-corrected chi connectivity index (χ3v) is 4.16. The first-order chi connectivity index (χ1) is 10.1. The molecule has 21 heavy (non-hydrogen) atoms.